The van der Waals surface area contributed by atoms with Crippen LogP contribution in [0, 0.1) is 6.92 Å². The van der Waals surface area contributed by atoms with Crippen LogP contribution in [0.4, 0.5) is 10.5 Å². The topological polar surface area (TPSA) is 41.1 Å². The summed E-state index contributed by atoms with van der Waals surface area (Å²) in [5, 5.41) is 5.75. The summed E-state index contributed by atoms with van der Waals surface area (Å²) < 4.78 is 0.859. The first kappa shape index (κ1) is 14.6. The lowest BCUT2D eigenvalue weighted by Gasteiger charge is -2.15. The van der Waals surface area contributed by atoms with E-state index in [4.69, 9.17) is 0 Å². The SMILES string of the molecule is Cc1ccc([C@H](C)NC(=O)Nc2ccccc2Br)cc1. The Balaban J connectivity index is 1.98. The molecule has 2 aromatic carbocycles. The van der Waals surface area contributed by atoms with Gasteiger partial charge in [0.05, 0.1) is 11.7 Å². The summed E-state index contributed by atoms with van der Waals surface area (Å²) in [5.41, 5.74) is 3.04. The van der Waals surface area contributed by atoms with Gasteiger partial charge in [-0.05, 0) is 47.5 Å². The van der Waals surface area contributed by atoms with Crippen molar-refractivity contribution in [1.29, 1.82) is 0 Å². The lowest BCUT2D eigenvalue weighted by Crippen LogP contribution is -2.31. The van der Waals surface area contributed by atoms with Crippen LogP contribution in [0.2, 0.25) is 0 Å². The zero-order valence-corrected chi connectivity index (χ0v) is 13.1. The number of carbonyl (C=O) groups excluding carboxylic acids is 1. The van der Waals surface area contributed by atoms with E-state index in [2.05, 4.69) is 26.6 Å². The van der Waals surface area contributed by atoms with E-state index in [1.807, 2.05) is 62.4 Å². The summed E-state index contributed by atoms with van der Waals surface area (Å²) in [6.45, 7) is 4.01. The van der Waals surface area contributed by atoms with Gasteiger partial charge in [-0.2, -0.15) is 0 Å². The van der Waals surface area contributed by atoms with Gasteiger partial charge in [-0.15, -0.1) is 0 Å². The first-order chi connectivity index (χ1) is 9.56. The fourth-order valence-corrected chi connectivity index (χ4v) is 2.24. The molecule has 20 heavy (non-hydrogen) atoms. The molecule has 0 unspecified atom stereocenters. The van der Waals surface area contributed by atoms with Crippen molar-refractivity contribution >= 4 is 27.6 Å². The van der Waals surface area contributed by atoms with Gasteiger partial charge in [0.2, 0.25) is 0 Å². The highest BCUT2D eigenvalue weighted by Crippen LogP contribution is 2.21. The van der Waals surface area contributed by atoms with Crippen molar-refractivity contribution in [3.8, 4) is 0 Å². The summed E-state index contributed by atoms with van der Waals surface area (Å²) in [6.07, 6.45) is 0. The molecule has 0 aliphatic heterocycles. The Bertz CT molecular complexity index is 596. The number of aryl methyl sites for hydroxylation is 1. The Morgan fingerprint density at radius 2 is 1.75 bits per heavy atom. The fourth-order valence-electron chi connectivity index (χ4n) is 1.86. The number of hydrogen-bond acceptors (Lipinski definition) is 1. The summed E-state index contributed by atoms with van der Waals surface area (Å²) in [6, 6.07) is 15.4. The van der Waals surface area contributed by atoms with Crippen molar-refractivity contribution in [2.75, 3.05) is 5.32 Å². The highest BCUT2D eigenvalue weighted by molar-refractivity contribution is 9.10. The van der Waals surface area contributed by atoms with Crippen molar-refractivity contribution in [2.45, 2.75) is 19.9 Å². The number of urea groups is 1. The van der Waals surface area contributed by atoms with Crippen LogP contribution in [0.3, 0.4) is 0 Å². The maximum Gasteiger partial charge on any atom is 0.319 e. The van der Waals surface area contributed by atoms with Crippen LogP contribution in [-0.2, 0) is 0 Å². The third kappa shape index (κ3) is 3.84. The van der Waals surface area contributed by atoms with Gasteiger partial charge in [-0.3, -0.25) is 0 Å². The molecule has 0 saturated carbocycles. The largest absolute Gasteiger partial charge is 0.331 e. The third-order valence-electron chi connectivity index (χ3n) is 3.05. The highest BCUT2D eigenvalue weighted by atomic mass is 79.9. The number of halogens is 1. The van der Waals surface area contributed by atoms with Crippen LogP contribution in [0.25, 0.3) is 0 Å². The van der Waals surface area contributed by atoms with E-state index in [0.29, 0.717) is 0 Å². The minimum atomic E-state index is -0.218. The summed E-state index contributed by atoms with van der Waals surface area (Å²) in [7, 11) is 0. The van der Waals surface area contributed by atoms with Crippen molar-refractivity contribution < 1.29 is 4.79 Å². The van der Waals surface area contributed by atoms with Gasteiger partial charge in [0.1, 0.15) is 0 Å². The number of nitrogens with one attached hydrogen (secondary N) is 2. The molecule has 0 aromatic heterocycles. The van der Waals surface area contributed by atoms with Gasteiger partial charge in [-0.25, -0.2) is 4.79 Å². The molecule has 3 nitrogen and oxygen atoms in total. The molecule has 0 bridgehead atoms. The van der Waals surface area contributed by atoms with E-state index in [1.165, 1.54) is 5.56 Å². The molecular formula is C16H17BrN2O. The Kier molecular flexibility index (Phi) is 4.79. The van der Waals surface area contributed by atoms with E-state index in [0.717, 1.165) is 15.7 Å². The second-order valence-corrected chi connectivity index (χ2v) is 5.57. The molecule has 0 heterocycles. The molecule has 4 heteroatoms. The Labute approximate surface area is 127 Å². The summed E-state index contributed by atoms with van der Waals surface area (Å²) in [4.78, 5) is 12.0. The lowest BCUT2D eigenvalue weighted by atomic mass is 10.1. The molecule has 1 atom stereocenters. The molecule has 2 rings (SSSR count). The number of benzene rings is 2. The van der Waals surface area contributed by atoms with E-state index in [1.54, 1.807) is 0 Å². The molecule has 0 spiro atoms. The predicted octanol–water partition coefficient (Wildman–Crippen LogP) is 4.64. The fraction of sp³-hybridized carbons (Fsp3) is 0.188. The Morgan fingerprint density at radius 1 is 1.10 bits per heavy atom. The zero-order chi connectivity index (χ0) is 14.5. The maximum atomic E-state index is 12.0. The van der Waals surface area contributed by atoms with Crippen LogP contribution < -0.4 is 10.6 Å². The van der Waals surface area contributed by atoms with E-state index in [9.17, 15) is 4.79 Å². The molecule has 104 valence electrons. The number of hydrogen-bond donors (Lipinski definition) is 2. The van der Waals surface area contributed by atoms with Crippen LogP contribution in [-0.4, -0.2) is 6.03 Å². The first-order valence-corrected chi connectivity index (χ1v) is 7.24. The Morgan fingerprint density at radius 3 is 2.40 bits per heavy atom. The van der Waals surface area contributed by atoms with Crippen molar-refractivity contribution in [3.05, 3.63) is 64.1 Å². The maximum absolute atomic E-state index is 12.0. The van der Waals surface area contributed by atoms with Gasteiger partial charge in [0, 0.05) is 4.47 Å². The first-order valence-electron chi connectivity index (χ1n) is 6.45. The molecule has 0 radical (unpaired) electrons. The molecule has 2 N–H and O–H groups in total. The van der Waals surface area contributed by atoms with Crippen LogP contribution in [0.15, 0.2) is 53.0 Å². The number of anilines is 1. The zero-order valence-electron chi connectivity index (χ0n) is 11.5. The van der Waals surface area contributed by atoms with Crippen molar-refractivity contribution in [2.24, 2.45) is 0 Å². The number of para-hydroxylation sites is 1. The lowest BCUT2D eigenvalue weighted by molar-refractivity contribution is 0.249. The second-order valence-electron chi connectivity index (χ2n) is 4.71. The smallest absolute Gasteiger partial charge is 0.319 e. The molecule has 0 saturated heterocycles. The Hall–Kier alpha value is -1.81. The molecular weight excluding hydrogens is 316 g/mol. The van der Waals surface area contributed by atoms with Gasteiger partial charge < -0.3 is 10.6 Å². The van der Waals surface area contributed by atoms with Crippen LogP contribution >= 0.6 is 15.9 Å². The minimum absolute atomic E-state index is 0.0434. The predicted molar refractivity (Wildman–Crippen MR) is 85.9 cm³/mol. The monoisotopic (exact) mass is 332 g/mol. The molecule has 0 aliphatic rings. The van der Waals surface area contributed by atoms with E-state index < -0.39 is 0 Å². The second kappa shape index (κ2) is 6.57. The quantitative estimate of drug-likeness (QED) is 0.844. The number of carbonyl (C=O) groups is 1. The highest BCUT2D eigenvalue weighted by Gasteiger charge is 2.10. The third-order valence-corrected chi connectivity index (χ3v) is 3.74. The average Bonchev–Trinajstić information content (AvgIpc) is 2.42. The van der Waals surface area contributed by atoms with E-state index >= 15 is 0 Å². The van der Waals surface area contributed by atoms with Gasteiger partial charge in [0.15, 0.2) is 0 Å². The van der Waals surface area contributed by atoms with Crippen molar-refractivity contribution in [3.63, 3.8) is 0 Å². The summed E-state index contributed by atoms with van der Waals surface area (Å²) in [5.74, 6) is 0. The minimum Gasteiger partial charge on any atom is -0.331 e. The van der Waals surface area contributed by atoms with Gasteiger partial charge in [-0.1, -0.05) is 42.0 Å². The number of rotatable bonds is 3. The molecule has 2 amide bonds. The molecule has 2 aromatic rings. The summed E-state index contributed by atoms with van der Waals surface area (Å²) >= 11 is 3.40. The molecule has 0 aliphatic carbocycles. The standard InChI is InChI=1S/C16H17BrN2O/c1-11-7-9-13(10-8-11)12(2)18-16(20)19-15-6-4-3-5-14(15)17/h3-10,12H,1-2H3,(H2,18,19,20)/t12-/m0/s1. The van der Waals surface area contributed by atoms with Gasteiger partial charge in [0.25, 0.3) is 0 Å². The van der Waals surface area contributed by atoms with Crippen molar-refractivity contribution in [1.82, 2.24) is 5.32 Å². The van der Waals surface area contributed by atoms with Gasteiger partial charge >= 0.3 is 6.03 Å². The average molecular weight is 333 g/mol. The molecule has 0 fully saturated rings. The van der Waals surface area contributed by atoms with Crippen LogP contribution in [0.5, 0.6) is 0 Å². The number of amides is 2. The van der Waals surface area contributed by atoms with Crippen LogP contribution in [0.1, 0.15) is 24.1 Å². The normalized spacial score (nSPS) is 11.8. The van der Waals surface area contributed by atoms with E-state index in [-0.39, 0.29) is 12.1 Å².